The zero-order chi connectivity index (χ0) is 9.31. The fourth-order valence-electron chi connectivity index (χ4n) is 1.55. The molecule has 3 N–H and O–H groups in total. The van der Waals surface area contributed by atoms with Crippen molar-refractivity contribution in [1.29, 1.82) is 0 Å². The van der Waals surface area contributed by atoms with E-state index < -0.39 is 0 Å². The molecule has 0 spiro atoms. The number of nitrogens with one attached hydrogen (secondary N) is 1. The highest BCUT2D eigenvalue weighted by Gasteiger charge is 2.38. The molecule has 4 heteroatoms. The number of hydrogen-bond donors (Lipinski definition) is 2. The van der Waals surface area contributed by atoms with Crippen molar-refractivity contribution in [3.8, 4) is 0 Å². The predicted octanol–water partition coefficient (Wildman–Crippen LogP) is 0.0204. The van der Waals surface area contributed by atoms with E-state index in [1.54, 1.807) is 6.07 Å². The molecule has 2 rings (SSSR count). The maximum absolute atomic E-state index is 12.6. The summed E-state index contributed by atoms with van der Waals surface area (Å²) in [5, 5.41) is 3.15. The van der Waals surface area contributed by atoms with Gasteiger partial charge in [0.2, 0.25) is 0 Å². The Labute approximate surface area is 76.2 Å². The monoisotopic (exact) mass is 181 g/mol. The van der Waals surface area contributed by atoms with E-state index in [1.165, 1.54) is 12.3 Å². The highest BCUT2D eigenvalue weighted by atomic mass is 19.1. The fourth-order valence-corrected chi connectivity index (χ4v) is 1.55. The van der Waals surface area contributed by atoms with Crippen LogP contribution >= 0.6 is 0 Å². The van der Waals surface area contributed by atoms with Crippen LogP contribution < -0.4 is 11.1 Å². The third-order valence-electron chi connectivity index (χ3n) is 2.59. The average Bonchev–Trinajstić information content (AvgIpc) is 2.07. The van der Waals surface area contributed by atoms with E-state index in [1.807, 2.05) is 0 Å². The van der Waals surface area contributed by atoms with Gasteiger partial charge in [-0.3, -0.25) is 4.98 Å². The third-order valence-corrected chi connectivity index (χ3v) is 2.59. The second kappa shape index (κ2) is 3.05. The lowest BCUT2D eigenvalue weighted by Crippen LogP contribution is -2.61. The molecule has 1 aliphatic heterocycles. The molecule has 70 valence electrons. The van der Waals surface area contributed by atoms with Gasteiger partial charge in [-0.05, 0) is 12.1 Å². The first-order chi connectivity index (χ1) is 6.27. The highest BCUT2D eigenvalue weighted by Crippen LogP contribution is 2.25. The number of halogens is 1. The molecule has 0 aromatic carbocycles. The first kappa shape index (κ1) is 8.59. The maximum atomic E-state index is 12.6. The molecule has 1 aromatic rings. The zero-order valence-corrected chi connectivity index (χ0v) is 7.26. The highest BCUT2D eigenvalue weighted by molar-refractivity contribution is 5.23. The summed E-state index contributed by atoms with van der Waals surface area (Å²) in [6.07, 6.45) is 1.24. The Morgan fingerprint density at radius 3 is 2.69 bits per heavy atom. The zero-order valence-electron chi connectivity index (χ0n) is 7.26. The molecule has 1 fully saturated rings. The summed E-state index contributed by atoms with van der Waals surface area (Å²) < 4.78 is 12.6. The van der Waals surface area contributed by atoms with Crippen molar-refractivity contribution in [2.75, 3.05) is 19.6 Å². The van der Waals surface area contributed by atoms with Gasteiger partial charge in [-0.2, -0.15) is 0 Å². The minimum Gasteiger partial charge on any atom is -0.329 e. The molecule has 0 aliphatic carbocycles. The molecular formula is C9H12FN3. The average molecular weight is 181 g/mol. The van der Waals surface area contributed by atoms with Crippen LogP contribution in [0, 0.1) is 5.82 Å². The van der Waals surface area contributed by atoms with Gasteiger partial charge in [0.1, 0.15) is 5.82 Å². The summed E-state index contributed by atoms with van der Waals surface area (Å²) in [7, 11) is 0. The number of nitrogens with two attached hydrogens (primary N) is 1. The summed E-state index contributed by atoms with van der Waals surface area (Å²) >= 11 is 0. The van der Waals surface area contributed by atoms with E-state index >= 15 is 0 Å². The molecule has 0 saturated carbocycles. The Bertz CT molecular complexity index is 287. The lowest BCUT2D eigenvalue weighted by atomic mass is 9.78. The van der Waals surface area contributed by atoms with Gasteiger partial charge >= 0.3 is 0 Å². The second-order valence-electron chi connectivity index (χ2n) is 3.45. The normalized spacial score (nSPS) is 19.5. The molecule has 1 saturated heterocycles. The third kappa shape index (κ3) is 1.32. The Balaban J connectivity index is 2.28. The molecule has 1 aliphatic rings. The quantitative estimate of drug-likeness (QED) is 0.676. The summed E-state index contributed by atoms with van der Waals surface area (Å²) in [5.41, 5.74) is 6.49. The van der Waals surface area contributed by atoms with Crippen molar-refractivity contribution in [3.63, 3.8) is 0 Å². The molecule has 13 heavy (non-hydrogen) atoms. The van der Waals surface area contributed by atoms with Gasteiger partial charge in [0.25, 0.3) is 0 Å². The van der Waals surface area contributed by atoms with Gasteiger partial charge < -0.3 is 11.1 Å². The first-order valence-electron chi connectivity index (χ1n) is 4.30. The molecule has 1 aromatic heterocycles. The maximum Gasteiger partial charge on any atom is 0.141 e. The van der Waals surface area contributed by atoms with Gasteiger partial charge in [-0.15, -0.1) is 0 Å². The number of hydrogen-bond acceptors (Lipinski definition) is 3. The van der Waals surface area contributed by atoms with Crippen molar-refractivity contribution in [3.05, 3.63) is 29.8 Å². The van der Waals surface area contributed by atoms with E-state index in [0.717, 1.165) is 18.8 Å². The number of aromatic nitrogens is 1. The lowest BCUT2D eigenvalue weighted by Gasteiger charge is -2.41. The Kier molecular flexibility index (Phi) is 2.01. The van der Waals surface area contributed by atoms with Crippen LogP contribution in [0.25, 0.3) is 0 Å². The van der Waals surface area contributed by atoms with Crippen molar-refractivity contribution in [2.45, 2.75) is 5.41 Å². The predicted molar refractivity (Wildman–Crippen MR) is 47.8 cm³/mol. The Hall–Kier alpha value is -1.00. The smallest absolute Gasteiger partial charge is 0.141 e. The molecule has 0 radical (unpaired) electrons. The summed E-state index contributed by atoms with van der Waals surface area (Å²) in [6.45, 7) is 2.23. The topological polar surface area (TPSA) is 50.9 Å². The standard InChI is InChI=1S/C9H12FN3/c10-7-1-2-8(13-3-7)9(4-11)5-12-6-9/h1-3,12H,4-6,11H2. The fraction of sp³-hybridized carbons (Fsp3) is 0.444. The Morgan fingerprint density at radius 1 is 1.54 bits per heavy atom. The molecule has 0 unspecified atom stereocenters. The van der Waals surface area contributed by atoms with Crippen LogP contribution in [0.2, 0.25) is 0 Å². The van der Waals surface area contributed by atoms with Crippen molar-refractivity contribution in [2.24, 2.45) is 5.73 Å². The van der Waals surface area contributed by atoms with Crippen LogP contribution in [-0.4, -0.2) is 24.6 Å². The number of pyridine rings is 1. The van der Waals surface area contributed by atoms with Gasteiger partial charge in [0.05, 0.1) is 11.9 Å². The largest absolute Gasteiger partial charge is 0.329 e. The van der Waals surface area contributed by atoms with Crippen LogP contribution in [0.15, 0.2) is 18.3 Å². The van der Waals surface area contributed by atoms with Gasteiger partial charge in [0.15, 0.2) is 0 Å². The van der Waals surface area contributed by atoms with Crippen molar-refractivity contribution < 1.29 is 4.39 Å². The van der Waals surface area contributed by atoms with E-state index in [9.17, 15) is 4.39 Å². The van der Waals surface area contributed by atoms with Gasteiger partial charge in [0, 0.05) is 25.0 Å². The van der Waals surface area contributed by atoms with E-state index in [0.29, 0.717) is 6.54 Å². The Morgan fingerprint density at radius 2 is 2.31 bits per heavy atom. The summed E-state index contributed by atoms with van der Waals surface area (Å²) in [6, 6.07) is 3.14. The van der Waals surface area contributed by atoms with Crippen molar-refractivity contribution >= 4 is 0 Å². The summed E-state index contributed by atoms with van der Waals surface area (Å²) in [5.74, 6) is -0.303. The number of nitrogens with zero attached hydrogens (tertiary/aromatic N) is 1. The van der Waals surface area contributed by atoms with E-state index in [4.69, 9.17) is 5.73 Å². The molecular weight excluding hydrogens is 169 g/mol. The second-order valence-corrected chi connectivity index (χ2v) is 3.45. The lowest BCUT2D eigenvalue weighted by molar-refractivity contribution is 0.278. The summed E-state index contributed by atoms with van der Waals surface area (Å²) in [4.78, 5) is 4.05. The van der Waals surface area contributed by atoms with Gasteiger partial charge in [-0.25, -0.2) is 4.39 Å². The molecule has 0 amide bonds. The molecule has 0 bridgehead atoms. The van der Waals surface area contributed by atoms with Gasteiger partial charge in [-0.1, -0.05) is 0 Å². The minimum absolute atomic E-state index is 0.0618. The molecule has 0 atom stereocenters. The van der Waals surface area contributed by atoms with E-state index in [-0.39, 0.29) is 11.2 Å². The van der Waals surface area contributed by atoms with Crippen LogP contribution in [0.3, 0.4) is 0 Å². The SMILES string of the molecule is NCC1(c2ccc(F)cn2)CNC1. The minimum atomic E-state index is -0.303. The van der Waals surface area contributed by atoms with Crippen LogP contribution in [0.5, 0.6) is 0 Å². The van der Waals surface area contributed by atoms with Crippen LogP contribution in [-0.2, 0) is 5.41 Å². The van der Waals surface area contributed by atoms with Crippen LogP contribution in [0.1, 0.15) is 5.69 Å². The first-order valence-corrected chi connectivity index (χ1v) is 4.30. The van der Waals surface area contributed by atoms with E-state index in [2.05, 4.69) is 10.3 Å². The molecule has 2 heterocycles. The number of rotatable bonds is 2. The molecule has 3 nitrogen and oxygen atoms in total. The van der Waals surface area contributed by atoms with Crippen molar-refractivity contribution in [1.82, 2.24) is 10.3 Å². The van der Waals surface area contributed by atoms with Crippen LogP contribution in [0.4, 0.5) is 4.39 Å².